The van der Waals surface area contributed by atoms with Crippen molar-refractivity contribution in [2.75, 3.05) is 130 Å². The number of carboxylic acids is 1. The number of hydrogen-bond acceptors (Lipinski definition) is 13. The fourth-order valence-corrected chi connectivity index (χ4v) is 7.79. The molecule has 9 amide bonds. The van der Waals surface area contributed by atoms with Gasteiger partial charge in [0.2, 0.25) is 23.6 Å². The Labute approximate surface area is 446 Å². The molecule has 2 aromatic carbocycles. The van der Waals surface area contributed by atoms with Crippen LogP contribution >= 0.6 is 0 Å². The Hall–Kier alpha value is -7.73. The fourth-order valence-electron chi connectivity index (χ4n) is 7.79. The molecular weight excluding hydrogens is 1010 g/mol. The summed E-state index contributed by atoms with van der Waals surface area (Å²) in [5.74, 6) is 3.85. The van der Waals surface area contributed by atoms with Crippen LogP contribution in [0.5, 0.6) is 0 Å². The first-order valence-electron chi connectivity index (χ1n) is 25.4. The van der Waals surface area contributed by atoms with E-state index < -0.39 is 48.8 Å². The van der Waals surface area contributed by atoms with E-state index in [1.54, 1.807) is 4.90 Å². The first-order chi connectivity index (χ1) is 37.1. The van der Waals surface area contributed by atoms with E-state index in [0.29, 0.717) is 25.8 Å². The highest BCUT2D eigenvalue weighted by molar-refractivity contribution is 5.95. The van der Waals surface area contributed by atoms with Gasteiger partial charge in [-0.05, 0) is 49.4 Å². The number of hydrogen-bond donors (Lipinski definition) is 8. The molecule has 422 valence electrons. The first-order valence-corrected chi connectivity index (χ1v) is 25.4. The highest BCUT2D eigenvalue weighted by Crippen LogP contribution is 2.26. The Morgan fingerprint density at radius 1 is 0.506 bits per heavy atom. The Morgan fingerprint density at radius 3 is 1.57 bits per heavy atom. The Bertz CT molecular complexity index is 2320. The predicted molar refractivity (Wildman–Crippen MR) is 275 cm³/mol. The zero-order valence-electron chi connectivity index (χ0n) is 43.1. The quantitative estimate of drug-likeness (QED) is 0.0442. The normalized spacial score (nSPS) is 14.1. The molecule has 0 aromatic heterocycles. The molecule has 0 bridgehead atoms. The minimum atomic E-state index is -1.32. The van der Waals surface area contributed by atoms with E-state index in [1.165, 1.54) is 4.90 Å². The smallest absolute Gasteiger partial charge is 0.407 e. The number of benzene rings is 2. The number of urea groups is 1. The molecule has 77 heavy (non-hydrogen) atoms. The molecule has 8 N–H and O–H groups in total. The van der Waals surface area contributed by atoms with Gasteiger partial charge in [0, 0.05) is 102 Å². The topological polar surface area (TPSA) is 336 Å². The molecule has 2 aliphatic rings. The summed E-state index contributed by atoms with van der Waals surface area (Å²) in [6.07, 6.45) is -2.55. The van der Waals surface area contributed by atoms with Crippen molar-refractivity contribution in [1.82, 2.24) is 40.9 Å². The van der Waals surface area contributed by atoms with E-state index in [1.807, 2.05) is 48.5 Å². The van der Waals surface area contributed by atoms with Crippen LogP contribution in [0.2, 0.25) is 0 Å². The van der Waals surface area contributed by atoms with E-state index >= 15 is 0 Å². The molecule has 1 atom stereocenters. The number of anilines is 1. The first kappa shape index (κ1) is 61.8. The molecule has 0 radical (unpaired) electrons. The Morgan fingerprint density at radius 2 is 1.00 bits per heavy atom. The summed E-state index contributed by atoms with van der Waals surface area (Å²) in [6.45, 7) is 0.737. The fraction of sp³-hybridized carbons (Fsp3) is 0.549. The summed E-state index contributed by atoms with van der Waals surface area (Å²) in [7, 11) is 0. The van der Waals surface area contributed by atoms with Crippen LogP contribution in [0.4, 0.5) is 24.9 Å². The van der Waals surface area contributed by atoms with Crippen molar-refractivity contribution in [3.63, 3.8) is 0 Å². The molecule has 2 aliphatic heterocycles. The van der Waals surface area contributed by atoms with Gasteiger partial charge in [0.1, 0.15) is 12.6 Å². The number of carbonyl (C=O) groups is 9. The van der Waals surface area contributed by atoms with Crippen LogP contribution in [-0.4, -0.2) is 225 Å². The molecule has 4 rings (SSSR count). The van der Waals surface area contributed by atoms with Crippen LogP contribution in [0.15, 0.2) is 48.5 Å². The maximum atomic E-state index is 13.4. The summed E-state index contributed by atoms with van der Waals surface area (Å²) >= 11 is 0. The molecule has 0 spiro atoms. The lowest BCUT2D eigenvalue weighted by Crippen LogP contribution is -2.51. The number of rotatable bonds is 28. The standard InChI is InChI=1S/C51H71N9O17/c61-43(52-19-17-46(64)60-36-40-10-2-1-8-38(40)15-16-39-9-3-4-12-42(39)60)13-7-14-44(62)53-20-29-74-30-31-75-32-33-76-34-35-77-37-45(63)55-41(47(65)66)11-5-6-18-54-48(67)56-21-23-57(49(68)69)25-27-59(51(72)73)28-26-58(24-22-56)50(70)71/h1-4,8-10,12,41H,5-7,11,13-14,17-37H2,(H,52,61)(H,53,62)(H,54,67)(H,55,63)(H,65,66)(H,68,69)(H,70,71)(H,72,73)/t41-/m1/s1. The number of ether oxygens (including phenoxy) is 4. The van der Waals surface area contributed by atoms with Gasteiger partial charge in [0.05, 0.1) is 58.5 Å². The van der Waals surface area contributed by atoms with E-state index in [9.17, 15) is 63.6 Å². The number of para-hydroxylation sites is 1. The summed E-state index contributed by atoms with van der Waals surface area (Å²) in [5.41, 5.74) is 3.28. The molecule has 26 heteroatoms. The SMILES string of the molecule is O=C(CCCC(=O)NCCC(=O)N1Cc2ccccc2C#Cc2ccccc21)NCCOCCOCCOCCOCC(=O)N[C@H](CCCCNC(=O)N1CCN(C(=O)O)CCN(C(=O)O)CCN(C(=O)O)CC1)C(=O)O. The van der Waals surface area contributed by atoms with Gasteiger partial charge >= 0.3 is 30.3 Å². The Balaban J connectivity index is 0.953. The molecule has 2 heterocycles. The second-order valence-corrected chi connectivity index (χ2v) is 17.6. The van der Waals surface area contributed by atoms with Crippen molar-refractivity contribution >= 4 is 59.6 Å². The number of carboxylic acid groups (broad SMARTS) is 4. The van der Waals surface area contributed by atoms with Crippen LogP contribution < -0.4 is 26.2 Å². The maximum Gasteiger partial charge on any atom is 0.407 e. The molecular formula is C51H71N9O17. The number of nitrogens with one attached hydrogen (secondary N) is 4. The van der Waals surface area contributed by atoms with E-state index in [-0.39, 0.29) is 162 Å². The largest absolute Gasteiger partial charge is 0.480 e. The van der Waals surface area contributed by atoms with Gasteiger partial charge in [0.15, 0.2) is 0 Å². The second kappa shape index (κ2) is 34.8. The van der Waals surface area contributed by atoms with Crippen LogP contribution in [0.1, 0.15) is 61.6 Å². The molecule has 0 aliphatic carbocycles. The van der Waals surface area contributed by atoms with Crippen molar-refractivity contribution in [1.29, 1.82) is 0 Å². The average Bonchev–Trinajstić information content (AvgIpc) is 3.39. The molecule has 1 saturated heterocycles. The van der Waals surface area contributed by atoms with Crippen LogP contribution in [0.25, 0.3) is 0 Å². The second-order valence-electron chi connectivity index (χ2n) is 17.6. The van der Waals surface area contributed by atoms with Crippen molar-refractivity contribution in [3.8, 4) is 11.8 Å². The van der Waals surface area contributed by atoms with Gasteiger partial charge in [-0.3, -0.25) is 19.2 Å². The van der Waals surface area contributed by atoms with E-state index in [0.717, 1.165) is 37.1 Å². The zero-order chi connectivity index (χ0) is 55.8. The van der Waals surface area contributed by atoms with Crippen molar-refractivity contribution < 1.29 is 82.5 Å². The number of aliphatic carboxylic acids is 1. The third-order valence-electron chi connectivity index (χ3n) is 12.0. The summed E-state index contributed by atoms with van der Waals surface area (Å²) in [6, 6.07) is 13.4. The van der Waals surface area contributed by atoms with Gasteiger partial charge in [-0.2, -0.15) is 0 Å². The third kappa shape index (κ3) is 23.8. The summed E-state index contributed by atoms with van der Waals surface area (Å²) < 4.78 is 21.6. The lowest BCUT2D eigenvalue weighted by atomic mass is 10.0. The van der Waals surface area contributed by atoms with Gasteiger partial charge < -0.3 is 85.1 Å². The number of nitrogens with zero attached hydrogens (tertiary/aromatic N) is 5. The van der Waals surface area contributed by atoms with Crippen molar-refractivity contribution in [3.05, 3.63) is 65.2 Å². The number of carbonyl (C=O) groups excluding carboxylic acids is 5. The van der Waals surface area contributed by atoms with Gasteiger partial charge in [-0.15, -0.1) is 0 Å². The monoisotopic (exact) mass is 1080 g/mol. The lowest BCUT2D eigenvalue weighted by molar-refractivity contribution is -0.142. The zero-order valence-corrected chi connectivity index (χ0v) is 43.1. The van der Waals surface area contributed by atoms with Crippen LogP contribution in [0, 0.1) is 11.8 Å². The summed E-state index contributed by atoms with van der Waals surface area (Å²) in [4.78, 5) is 116. The molecule has 1 fully saturated rings. The van der Waals surface area contributed by atoms with Gasteiger partial charge in [0.25, 0.3) is 0 Å². The minimum absolute atomic E-state index is 0.0430. The highest BCUT2D eigenvalue weighted by Gasteiger charge is 2.26. The van der Waals surface area contributed by atoms with Crippen LogP contribution in [-0.2, 0) is 49.5 Å². The Kier molecular flexibility index (Phi) is 27.9. The minimum Gasteiger partial charge on any atom is -0.480 e. The highest BCUT2D eigenvalue weighted by atomic mass is 16.6. The number of unbranched alkanes of at least 4 members (excludes halogenated alkanes) is 1. The van der Waals surface area contributed by atoms with E-state index in [2.05, 4.69) is 33.1 Å². The molecule has 0 saturated carbocycles. The number of amides is 9. The molecule has 2 aromatic rings. The van der Waals surface area contributed by atoms with Gasteiger partial charge in [-0.25, -0.2) is 24.0 Å². The predicted octanol–water partition coefficient (Wildman–Crippen LogP) is 1.50. The maximum absolute atomic E-state index is 13.4. The molecule has 0 unspecified atom stereocenters. The van der Waals surface area contributed by atoms with Gasteiger partial charge in [-0.1, -0.05) is 42.2 Å². The average molecular weight is 1080 g/mol. The summed E-state index contributed by atoms with van der Waals surface area (Å²) in [5, 5.41) is 48.9. The molecule has 26 nitrogen and oxygen atoms in total. The lowest BCUT2D eigenvalue weighted by Gasteiger charge is -2.32. The van der Waals surface area contributed by atoms with Crippen molar-refractivity contribution in [2.45, 2.75) is 57.5 Å². The third-order valence-corrected chi connectivity index (χ3v) is 12.0. The number of fused-ring (bicyclic) bond motifs is 2. The van der Waals surface area contributed by atoms with Crippen molar-refractivity contribution in [2.24, 2.45) is 0 Å². The van der Waals surface area contributed by atoms with E-state index in [4.69, 9.17) is 18.9 Å². The van der Waals surface area contributed by atoms with Crippen LogP contribution in [0.3, 0.4) is 0 Å².